The Balaban J connectivity index is 1.79. The lowest BCUT2D eigenvalue weighted by atomic mass is 10.2. The minimum absolute atomic E-state index is 0.105. The number of sulfonamides is 1. The van der Waals surface area contributed by atoms with E-state index >= 15 is 0 Å². The van der Waals surface area contributed by atoms with E-state index in [9.17, 15) is 13.2 Å². The van der Waals surface area contributed by atoms with Crippen molar-refractivity contribution in [2.45, 2.75) is 11.8 Å². The summed E-state index contributed by atoms with van der Waals surface area (Å²) in [7, 11) is -3.76. The van der Waals surface area contributed by atoms with E-state index in [-0.39, 0.29) is 21.2 Å². The molecule has 0 spiro atoms. The van der Waals surface area contributed by atoms with E-state index in [0.717, 1.165) is 5.56 Å². The van der Waals surface area contributed by atoms with Crippen LogP contribution in [0.3, 0.4) is 0 Å². The number of rotatable bonds is 5. The van der Waals surface area contributed by atoms with E-state index in [2.05, 4.69) is 10.0 Å². The third kappa shape index (κ3) is 4.65. The molecule has 0 atom stereocenters. The first kappa shape index (κ1) is 20.2. The van der Waals surface area contributed by atoms with Crippen molar-refractivity contribution >= 4 is 50.5 Å². The van der Waals surface area contributed by atoms with Gasteiger partial charge in [0.05, 0.1) is 31.9 Å². The fourth-order valence-electron chi connectivity index (χ4n) is 2.45. The van der Waals surface area contributed by atoms with Gasteiger partial charge in [-0.2, -0.15) is 0 Å². The molecule has 5 nitrogen and oxygen atoms in total. The minimum atomic E-state index is -3.76. The third-order valence-electron chi connectivity index (χ3n) is 3.92. The lowest BCUT2D eigenvalue weighted by Crippen LogP contribution is -2.15. The molecule has 8 heteroatoms. The van der Waals surface area contributed by atoms with Crippen LogP contribution < -0.4 is 10.0 Å². The van der Waals surface area contributed by atoms with Crippen LogP contribution in [-0.4, -0.2) is 14.3 Å². The molecular formula is C20H16Cl2N2O3S. The maximum atomic E-state index is 12.5. The highest BCUT2D eigenvalue weighted by atomic mass is 35.5. The van der Waals surface area contributed by atoms with Crippen molar-refractivity contribution in [2.75, 3.05) is 10.0 Å². The topological polar surface area (TPSA) is 75.3 Å². The van der Waals surface area contributed by atoms with E-state index < -0.39 is 15.9 Å². The van der Waals surface area contributed by atoms with Gasteiger partial charge in [0.1, 0.15) is 0 Å². The Kier molecular flexibility index (Phi) is 5.93. The molecule has 144 valence electrons. The number of carbonyl (C=O) groups is 1. The molecule has 0 aromatic heterocycles. The van der Waals surface area contributed by atoms with E-state index in [1.807, 2.05) is 6.92 Å². The zero-order valence-electron chi connectivity index (χ0n) is 14.7. The summed E-state index contributed by atoms with van der Waals surface area (Å²) in [6, 6.07) is 17.6. The summed E-state index contributed by atoms with van der Waals surface area (Å²) in [4.78, 5) is 12.6. The zero-order chi connectivity index (χ0) is 20.3. The van der Waals surface area contributed by atoms with Gasteiger partial charge >= 0.3 is 0 Å². The van der Waals surface area contributed by atoms with Gasteiger partial charge in [-0.1, -0.05) is 53.0 Å². The summed E-state index contributed by atoms with van der Waals surface area (Å²) in [6.07, 6.45) is 0. The molecule has 0 aliphatic heterocycles. The van der Waals surface area contributed by atoms with Crippen LogP contribution in [0.25, 0.3) is 0 Å². The molecule has 0 aliphatic rings. The highest BCUT2D eigenvalue weighted by molar-refractivity contribution is 7.92. The molecule has 0 fully saturated rings. The van der Waals surface area contributed by atoms with Crippen molar-refractivity contribution in [3.8, 4) is 0 Å². The van der Waals surface area contributed by atoms with Gasteiger partial charge in [-0.3, -0.25) is 9.52 Å². The number of benzene rings is 3. The number of halogens is 2. The molecule has 0 saturated carbocycles. The van der Waals surface area contributed by atoms with Gasteiger partial charge in [-0.05, 0) is 49.4 Å². The second kappa shape index (κ2) is 8.22. The number of amides is 1. The Labute approximate surface area is 173 Å². The van der Waals surface area contributed by atoms with Gasteiger partial charge in [0.2, 0.25) is 0 Å². The lowest BCUT2D eigenvalue weighted by Gasteiger charge is -2.11. The van der Waals surface area contributed by atoms with Crippen molar-refractivity contribution in [3.05, 3.63) is 87.9 Å². The average molecular weight is 435 g/mol. The number of carbonyl (C=O) groups excluding carboxylic acids is 1. The maximum absolute atomic E-state index is 12.5. The molecule has 0 heterocycles. The van der Waals surface area contributed by atoms with Crippen molar-refractivity contribution < 1.29 is 13.2 Å². The van der Waals surface area contributed by atoms with Crippen LogP contribution in [0.15, 0.2) is 71.6 Å². The van der Waals surface area contributed by atoms with Crippen molar-refractivity contribution in [3.63, 3.8) is 0 Å². The first-order valence-corrected chi connectivity index (χ1v) is 10.4. The van der Waals surface area contributed by atoms with Crippen LogP contribution in [0.5, 0.6) is 0 Å². The molecule has 0 bridgehead atoms. The third-order valence-corrected chi connectivity index (χ3v) is 5.96. The second-order valence-electron chi connectivity index (χ2n) is 6.05. The standard InChI is InChI=1S/C20H16Cl2N2O3S/c1-13-6-9-15(10-7-13)28(26,27)24-14-8-11-16(18(22)12-14)20(25)23-19-5-3-2-4-17(19)21/h2-12,24H,1H3,(H,23,25). The first-order chi connectivity index (χ1) is 13.3. The Morgan fingerprint density at radius 2 is 1.57 bits per heavy atom. The Morgan fingerprint density at radius 1 is 0.893 bits per heavy atom. The van der Waals surface area contributed by atoms with Crippen molar-refractivity contribution in [2.24, 2.45) is 0 Å². The summed E-state index contributed by atoms with van der Waals surface area (Å²) < 4.78 is 27.4. The number of hydrogen-bond donors (Lipinski definition) is 2. The molecular weight excluding hydrogens is 419 g/mol. The predicted molar refractivity (Wildman–Crippen MR) is 113 cm³/mol. The molecule has 3 aromatic rings. The van der Waals surface area contributed by atoms with Crippen LogP contribution in [0.4, 0.5) is 11.4 Å². The molecule has 0 radical (unpaired) electrons. The highest BCUT2D eigenvalue weighted by Crippen LogP contribution is 2.26. The number of nitrogens with one attached hydrogen (secondary N) is 2. The molecule has 28 heavy (non-hydrogen) atoms. The molecule has 0 aliphatic carbocycles. The molecule has 3 aromatic carbocycles. The fraction of sp³-hybridized carbons (Fsp3) is 0.0500. The van der Waals surface area contributed by atoms with Gasteiger partial charge in [0, 0.05) is 0 Å². The molecule has 0 saturated heterocycles. The van der Waals surface area contributed by atoms with Gasteiger partial charge in [-0.15, -0.1) is 0 Å². The SMILES string of the molecule is Cc1ccc(S(=O)(=O)Nc2ccc(C(=O)Nc3ccccc3Cl)c(Cl)c2)cc1. The maximum Gasteiger partial charge on any atom is 0.261 e. The van der Waals surface area contributed by atoms with Gasteiger partial charge < -0.3 is 5.32 Å². The van der Waals surface area contributed by atoms with Crippen LogP contribution in [-0.2, 0) is 10.0 Å². The highest BCUT2D eigenvalue weighted by Gasteiger charge is 2.17. The largest absolute Gasteiger partial charge is 0.321 e. The molecule has 3 rings (SSSR count). The zero-order valence-corrected chi connectivity index (χ0v) is 17.1. The quantitative estimate of drug-likeness (QED) is 0.567. The number of para-hydroxylation sites is 1. The van der Waals surface area contributed by atoms with E-state index in [1.165, 1.54) is 30.3 Å². The van der Waals surface area contributed by atoms with Crippen molar-refractivity contribution in [1.82, 2.24) is 0 Å². The van der Waals surface area contributed by atoms with Gasteiger partial charge in [0.15, 0.2) is 0 Å². The number of aryl methyl sites for hydroxylation is 1. The Morgan fingerprint density at radius 3 is 2.21 bits per heavy atom. The minimum Gasteiger partial charge on any atom is -0.321 e. The van der Waals surface area contributed by atoms with Crippen molar-refractivity contribution in [1.29, 1.82) is 0 Å². The van der Waals surface area contributed by atoms with Crippen LogP contribution in [0, 0.1) is 6.92 Å². The van der Waals surface area contributed by atoms with E-state index in [4.69, 9.17) is 23.2 Å². The first-order valence-electron chi connectivity index (χ1n) is 8.21. The second-order valence-corrected chi connectivity index (χ2v) is 8.54. The Hall–Kier alpha value is -2.54. The summed E-state index contributed by atoms with van der Waals surface area (Å²) in [5.74, 6) is -0.453. The number of hydrogen-bond acceptors (Lipinski definition) is 3. The van der Waals surface area contributed by atoms with E-state index in [1.54, 1.807) is 36.4 Å². The lowest BCUT2D eigenvalue weighted by molar-refractivity contribution is 0.102. The summed E-state index contributed by atoms with van der Waals surface area (Å²) in [6.45, 7) is 1.87. The van der Waals surface area contributed by atoms with Crippen LogP contribution in [0.1, 0.15) is 15.9 Å². The van der Waals surface area contributed by atoms with E-state index in [0.29, 0.717) is 10.7 Å². The summed E-state index contributed by atoms with van der Waals surface area (Å²) in [5, 5.41) is 3.18. The predicted octanol–water partition coefficient (Wildman–Crippen LogP) is 5.35. The molecule has 0 unspecified atom stereocenters. The average Bonchev–Trinajstić information content (AvgIpc) is 2.63. The van der Waals surface area contributed by atoms with Gasteiger partial charge in [-0.25, -0.2) is 8.42 Å². The summed E-state index contributed by atoms with van der Waals surface area (Å²) >= 11 is 12.2. The molecule has 2 N–H and O–H groups in total. The normalized spacial score (nSPS) is 11.1. The van der Waals surface area contributed by atoms with Crippen LogP contribution >= 0.6 is 23.2 Å². The fourth-order valence-corrected chi connectivity index (χ4v) is 3.95. The Bertz CT molecular complexity index is 1130. The number of anilines is 2. The van der Waals surface area contributed by atoms with Crippen LogP contribution in [0.2, 0.25) is 10.0 Å². The van der Waals surface area contributed by atoms with Gasteiger partial charge in [0.25, 0.3) is 15.9 Å². The molecule has 1 amide bonds. The monoisotopic (exact) mass is 434 g/mol. The summed E-state index contributed by atoms with van der Waals surface area (Å²) in [5.41, 5.74) is 1.85. The smallest absolute Gasteiger partial charge is 0.261 e.